The molecule has 3 aromatic rings. The Morgan fingerprint density at radius 2 is 2.07 bits per heavy atom. The number of hydrogen-bond acceptors (Lipinski definition) is 4. The van der Waals surface area contributed by atoms with Crippen molar-refractivity contribution in [1.29, 1.82) is 5.26 Å². The molecule has 0 fully saturated rings. The van der Waals surface area contributed by atoms with Gasteiger partial charge in [-0.15, -0.1) is 0 Å². The van der Waals surface area contributed by atoms with E-state index in [1.54, 1.807) is 30.7 Å². The minimum Gasteiger partial charge on any atom is -0.334 e. The minimum absolute atomic E-state index is 0.243. The lowest BCUT2D eigenvalue weighted by atomic mass is 10.0. The van der Waals surface area contributed by atoms with Crippen molar-refractivity contribution in [2.24, 2.45) is 12.8 Å². The molecule has 3 rings (SSSR count). The van der Waals surface area contributed by atoms with Crippen LogP contribution < -0.4 is 11.1 Å². The average molecular weight is 380 g/mol. The first-order chi connectivity index (χ1) is 13.0. The van der Waals surface area contributed by atoms with Gasteiger partial charge in [-0.2, -0.15) is 5.26 Å². The molecule has 0 unspecified atom stereocenters. The maximum atomic E-state index is 12.4. The van der Waals surface area contributed by atoms with Crippen molar-refractivity contribution in [3.63, 3.8) is 0 Å². The fraction of sp³-hybridized carbons (Fsp3) is 0.150. The van der Waals surface area contributed by atoms with Crippen LogP contribution in [0.5, 0.6) is 0 Å². The van der Waals surface area contributed by atoms with Crippen molar-refractivity contribution >= 4 is 23.2 Å². The van der Waals surface area contributed by atoms with E-state index in [0.717, 1.165) is 11.3 Å². The number of benzene rings is 2. The molecule has 0 saturated heterocycles. The van der Waals surface area contributed by atoms with Crippen LogP contribution in [0.3, 0.4) is 0 Å². The molecule has 2 aromatic carbocycles. The van der Waals surface area contributed by atoms with Gasteiger partial charge in [-0.1, -0.05) is 23.7 Å². The Balaban J connectivity index is 1.66. The van der Waals surface area contributed by atoms with Crippen molar-refractivity contribution in [1.82, 2.24) is 9.55 Å². The van der Waals surface area contributed by atoms with Crippen LogP contribution in [0.15, 0.2) is 55.0 Å². The quantitative estimate of drug-likeness (QED) is 0.711. The summed E-state index contributed by atoms with van der Waals surface area (Å²) in [5.74, 6) is -0.318. The predicted octanol–water partition coefficient (Wildman–Crippen LogP) is 3.12. The molecule has 6 nitrogen and oxygen atoms in total. The third-order valence-corrected chi connectivity index (χ3v) is 4.59. The second-order valence-corrected chi connectivity index (χ2v) is 6.59. The fourth-order valence-corrected chi connectivity index (χ4v) is 2.92. The minimum atomic E-state index is -0.784. The maximum absolute atomic E-state index is 12.4. The molecule has 7 heteroatoms. The molecule has 0 aliphatic carbocycles. The molecule has 3 N–H and O–H groups in total. The summed E-state index contributed by atoms with van der Waals surface area (Å²) in [6.45, 7) is 0. The van der Waals surface area contributed by atoms with Gasteiger partial charge in [0.2, 0.25) is 5.91 Å². The Morgan fingerprint density at radius 1 is 1.33 bits per heavy atom. The topological polar surface area (TPSA) is 96.7 Å². The van der Waals surface area contributed by atoms with Crippen molar-refractivity contribution in [2.75, 3.05) is 5.32 Å². The van der Waals surface area contributed by atoms with E-state index in [1.807, 2.05) is 35.9 Å². The summed E-state index contributed by atoms with van der Waals surface area (Å²) in [6.07, 6.45) is 3.76. The largest absolute Gasteiger partial charge is 0.334 e. The highest BCUT2D eigenvalue weighted by Crippen LogP contribution is 2.21. The van der Waals surface area contributed by atoms with Gasteiger partial charge in [0.05, 0.1) is 35.9 Å². The SMILES string of the molecule is Cn1cncc1-c1ccc(NC(=O)[C@@H](N)Cc2cc(C#N)ccc2Cl)cc1. The second kappa shape index (κ2) is 8.04. The van der Waals surface area contributed by atoms with Crippen LogP contribution in [0.2, 0.25) is 5.02 Å². The standard InChI is InChI=1S/C20H18ClN5O/c1-26-12-24-11-19(26)14-3-5-16(6-4-14)25-20(27)18(23)9-15-8-13(10-22)2-7-17(15)21/h2-8,11-12,18H,9,23H2,1H3,(H,25,27)/t18-/m0/s1. The third kappa shape index (κ3) is 4.34. The van der Waals surface area contributed by atoms with E-state index in [9.17, 15) is 4.79 Å². The summed E-state index contributed by atoms with van der Waals surface area (Å²) in [4.78, 5) is 16.5. The molecule has 0 bridgehead atoms. The monoisotopic (exact) mass is 379 g/mol. The summed E-state index contributed by atoms with van der Waals surface area (Å²) in [5, 5.41) is 12.3. The smallest absolute Gasteiger partial charge is 0.241 e. The van der Waals surface area contributed by atoms with E-state index in [1.165, 1.54) is 0 Å². The van der Waals surface area contributed by atoms with Gasteiger partial charge in [0.25, 0.3) is 0 Å². The lowest BCUT2D eigenvalue weighted by Crippen LogP contribution is -2.37. The Bertz CT molecular complexity index is 1000. The molecule has 1 amide bonds. The lowest BCUT2D eigenvalue weighted by Gasteiger charge is -2.14. The van der Waals surface area contributed by atoms with Gasteiger partial charge in [-0.25, -0.2) is 4.98 Å². The molecule has 1 atom stereocenters. The summed E-state index contributed by atoms with van der Waals surface area (Å²) >= 11 is 6.14. The van der Waals surface area contributed by atoms with Gasteiger partial charge in [-0.05, 0) is 47.9 Å². The Morgan fingerprint density at radius 3 is 2.70 bits per heavy atom. The fourth-order valence-electron chi connectivity index (χ4n) is 2.72. The van der Waals surface area contributed by atoms with E-state index in [-0.39, 0.29) is 12.3 Å². The van der Waals surface area contributed by atoms with Crippen molar-refractivity contribution in [2.45, 2.75) is 12.5 Å². The second-order valence-electron chi connectivity index (χ2n) is 6.18. The van der Waals surface area contributed by atoms with Gasteiger partial charge in [-0.3, -0.25) is 4.79 Å². The van der Waals surface area contributed by atoms with Crippen LogP contribution in [-0.4, -0.2) is 21.5 Å². The summed E-state index contributed by atoms with van der Waals surface area (Å²) < 4.78 is 1.92. The summed E-state index contributed by atoms with van der Waals surface area (Å²) in [5.41, 5.74) is 9.80. The van der Waals surface area contributed by atoms with Crippen molar-refractivity contribution in [3.05, 3.63) is 71.1 Å². The number of anilines is 1. The molecule has 136 valence electrons. The van der Waals surface area contributed by atoms with Crippen LogP contribution in [0.25, 0.3) is 11.3 Å². The van der Waals surface area contributed by atoms with Gasteiger partial charge in [0.1, 0.15) is 0 Å². The number of nitriles is 1. The lowest BCUT2D eigenvalue weighted by molar-refractivity contribution is -0.117. The van der Waals surface area contributed by atoms with E-state index < -0.39 is 6.04 Å². The number of carbonyl (C=O) groups is 1. The number of aryl methyl sites for hydroxylation is 1. The maximum Gasteiger partial charge on any atom is 0.241 e. The Labute approximate surface area is 162 Å². The number of rotatable bonds is 5. The molecule has 1 heterocycles. The number of hydrogen-bond donors (Lipinski definition) is 2. The van der Waals surface area contributed by atoms with E-state index in [0.29, 0.717) is 21.8 Å². The van der Waals surface area contributed by atoms with Crippen molar-refractivity contribution < 1.29 is 4.79 Å². The van der Waals surface area contributed by atoms with Crippen LogP contribution in [0.1, 0.15) is 11.1 Å². The first-order valence-electron chi connectivity index (χ1n) is 8.29. The number of halogens is 1. The number of amides is 1. The highest BCUT2D eigenvalue weighted by Gasteiger charge is 2.16. The van der Waals surface area contributed by atoms with Gasteiger partial charge >= 0.3 is 0 Å². The molecule has 0 spiro atoms. The zero-order chi connectivity index (χ0) is 19.4. The van der Waals surface area contributed by atoms with E-state index in [2.05, 4.69) is 16.4 Å². The molecule has 1 aromatic heterocycles. The number of aromatic nitrogens is 2. The van der Waals surface area contributed by atoms with E-state index in [4.69, 9.17) is 22.6 Å². The zero-order valence-electron chi connectivity index (χ0n) is 14.7. The molecular formula is C20H18ClN5O. The normalized spacial score (nSPS) is 11.6. The molecule has 0 aliphatic rings. The van der Waals surface area contributed by atoms with Crippen LogP contribution in [0, 0.1) is 11.3 Å². The van der Waals surface area contributed by atoms with Gasteiger partial charge in [0, 0.05) is 17.8 Å². The van der Waals surface area contributed by atoms with Crippen LogP contribution in [0.4, 0.5) is 5.69 Å². The molecule has 0 saturated carbocycles. The molecule has 27 heavy (non-hydrogen) atoms. The van der Waals surface area contributed by atoms with Gasteiger partial charge < -0.3 is 15.6 Å². The number of nitrogens with one attached hydrogen (secondary N) is 1. The summed E-state index contributed by atoms with van der Waals surface area (Å²) in [7, 11) is 1.92. The average Bonchev–Trinajstić information content (AvgIpc) is 3.10. The van der Waals surface area contributed by atoms with Crippen molar-refractivity contribution in [3.8, 4) is 17.3 Å². The molecule has 0 radical (unpaired) electrons. The predicted molar refractivity (Wildman–Crippen MR) is 105 cm³/mol. The Kier molecular flexibility index (Phi) is 5.55. The zero-order valence-corrected chi connectivity index (χ0v) is 15.4. The first-order valence-corrected chi connectivity index (χ1v) is 8.67. The number of nitrogens with two attached hydrogens (primary N) is 1. The van der Waals surface area contributed by atoms with Gasteiger partial charge in [0.15, 0.2) is 0 Å². The number of imidazole rings is 1. The molecular weight excluding hydrogens is 362 g/mol. The highest BCUT2D eigenvalue weighted by atomic mass is 35.5. The van der Waals surface area contributed by atoms with Crippen LogP contribution in [-0.2, 0) is 18.3 Å². The molecule has 0 aliphatic heterocycles. The first kappa shape index (κ1) is 18.6. The summed E-state index contributed by atoms with van der Waals surface area (Å²) in [6, 6.07) is 13.6. The Hall–Kier alpha value is -3.14. The number of carbonyl (C=O) groups excluding carboxylic acids is 1. The van der Waals surface area contributed by atoms with Crippen LogP contribution >= 0.6 is 11.6 Å². The number of nitrogens with zero attached hydrogens (tertiary/aromatic N) is 3. The van der Waals surface area contributed by atoms with E-state index >= 15 is 0 Å². The highest BCUT2D eigenvalue weighted by molar-refractivity contribution is 6.31. The third-order valence-electron chi connectivity index (χ3n) is 4.22.